The van der Waals surface area contributed by atoms with E-state index in [0.717, 1.165) is 6.07 Å². The average Bonchev–Trinajstić information content (AvgIpc) is 2.37. The lowest BCUT2D eigenvalue weighted by atomic mass is 10.1. The fraction of sp³-hybridized carbons (Fsp3) is 0.385. The van der Waals surface area contributed by atoms with E-state index in [1.54, 1.807) is 13.2 Å². The van der Waals surface area contributed by atoms with Crippen LogP contribution in [0, 0.1) is 5.82 Å². The van der Waals surface area contributed by atoms with Crippen LogP contribution in [-0.2, 0) is 10.8 Å². The monoisotopic (exact) mass is 316 g/mol. The molecule has 0 aliphatic heterocycles. The molecule has 0 heterocycles. The fourth-order valence-electron chi connectivity index (χ4n) is 1.57. The zero-order valence-electron chi connectivity index (χ0n) is 11.7. The molecule has 0 fully saturated rings. The summed E-state index contributed by atoms with van der Waals surface area (Å²) in [6, 6.07) is 2.97. The van der Waals surface area contributed by atoms with Crippen LogP contribution in [0.1, 0.15) is 23.7 Å². The molecule has 8 heteroatoms. The Labute approximate surface area is 124 Å². The number of hydrogen-bond acceptors (Lipinski definition) is 3. The van der Waals surface area contributed by atoms with Crippen LogP contribution in [-0.4, -0.2) is 39.4 Å². The molecule has 6 nitrogen and oxygen atoms in total. The second-order valence-electron chi connectivity index (χ2n) is 4.45. The number of carboxylic acids is 1. The lowest BCUT2D eigenvalue weighted by Crippen LogP contribution is -2.32. The molecule has 2 amide bonds. The van der Waals surface area contributed by atoms with Crippen molar-refractivity contribution in [3.63, 3.8) is 0 Å². The van der Waals surface area contributed by atoms with Gasteiger partial charge in [0.2, 0.25) is 0 Å². The molecule has 3 N–H and O–H groups in total. The zero-order chi connectivity index (χ0) is 16.0. The van der Waals surface area contributed by atoms with Crippen molar-refractivity contribution in [2.24, 2.45) is 0 Å². The number of nitrogens with one attached hydrogen (secondary N) is 2. The van der Waals surface area contributed by atoms with E-state index in [2.05, 4.69) is 10.6 Å². The smallest absolute Gasteiger partial charge is 0.340 e. The number of halogens is 1. The van der Waals surface area contributed by atoms with Crippen molar-refractivity contribution >= 4 is 28.5 Å². The average molecular weight is 316 g/mol. The van der Waals surface area contributed by atoms with Gasteiger partial charge in [0.05, 0.1) is 5.69 Å². The van der Waals surface area contributed by atoms with Gasteiger partial charge in [0.1, 0.15) is 11.4 Å². The van der Waals surface area contributed by atoms with E-state index in [0.29, 0.717) is 6.42 Å². The molecule has 2 unspecified atom stereocenters. The quantitative estimate of drug-likeness (QED) is 0.746. The molecule has 1 rings (SSSR count). The van der Waals surface area contributed by atoms with E-state index in [-0.39, 0.29) is 17.5 Å². The first-order chi connectivity index (χ1) is 9.82. The third-order valence-corrected chi connectivity index (χ3v) is 4.25. The second kappa shape index (κ2) is 7.72. The number of amides is 2. The highest BCUT2D eigenvalue weighted by atomic mass is 32.2. The number of carbonyl (C=O) groups is 2. The molecule has 21 heavy (non-hydrogen) atoms. The van der Waals surface area contributed by atoms with Crippen LogP contribution in [0.2, 0.25) is 0 Å². The zero-order valence-corrected chi connectivity index (χ0v) is 12.5. The fourth-order valence-corrected chi connectivity index (χ4v) is 2.02. The van der Waals surface area contributed by atoms with Crippen LogP contribution in [0.25, 0.3) is 0 Å². The summed E-state index contributed by atoms with van der Waals surface area (Å²) in [5.41, 5.74) is -0.706. The van der Waals surface area contributed by atoms with Gasteiger partial charge in [-0.15, -0.1) is 0 Å². The molecule has 0 saturated heterocycles. The summed E-state index contributed by atoms with van der Waals surface area (Å²) in [6.45, 7) is 2.08. The van der Waals surface area contributed by atoms with Crippen molar-refractivity contribution in [1.29, 1.82) is 0 Å². The topological polar surface area (TPSA) is 95.5 Å². The van der Waals surface area contributed by atoms with Crippen LogP contribution in [0.3, 0.4) is 0 Å². The highest BCUT2D eigenvalue weighted by Crippen LogP contribution is 2.18. The molecular weight excluding hydrogens is 299 g/mol. The molecular formula is C13H17FN2O4S. The van der Waals surface area contributed by atoms with Gasteiger partial charge in [-0.1, -0.05) is 13.0 Å². The Kier molecular flexibility index (Phi) is 6.29. The highest BCUT2D eigenvalue weighted by Gasteiger charge is 2.17. The van der Waals surface area contributed by atoms with Gasteiger partial charge >= 0.3 is 12.0 Å². The van der Waals surface area contributed by atoms with Crippen molar-refractivity contribution < 1.29 is 23.3 Å². The number of benzene rings is 1. The number of rotatable bonds is 6. The predicted molar refractivity (Wildman–Crippen MR) is 78.5 cm³/mol. The van der Waals surface area contributed by atoms with E-state index < -0.39 is 34.2 Å². The molecule has 0 aliphatic rings. The Morgan fingerprint density at radius 2 is 2.10 bits per heavy atom. The summed E-state index contributed by atoms with van der Waals surface area (Å²) in [7, 11) is -0.975. The SMILES string of the molecule is CC(CCNC(=O)Nc1cccc(F)c1C(=O)O)S(C)=O. The van der Waals surface area contributed by atoms with Crippen LogP contribution in [0.15, 0.2) is 18.2 Å². The number of anilines is 1. The van der Waals surface area contributed by atoms with Gasteiger partial charge in [-0.2, -0.15) is 0 Å². The van der Waals surface area contributed by atoms with Gasteiger partial charge in [-0.25, -0.2) is 14.0 Å². The van der Waals surface area contributed by atoms with Crippen molar-refractivity contribution in [1.82, 2.24) is 5.32 Å². The number of carbonyl (C=O) groups excluding carboxylic acids is 1. The van der Waals surface area contributed by atoms with Crippen LogP contribution < -0.4 is 10.6 Å². The molecule has 0 aromatic heterocycles. The Morgan fingerprint density at radius 1 is 1.43 bits per heavy atom. The summed E-state index contributed by atoms with van der Waals surface area (Å²) < 4.78 is 24.6. The maximum Gasteiger partial charge on any atom is 0.340 e. The summed E-state index contributed by atoms with van der Waals surface area (Å²) in [6.07, 6.45) is 2.10. The molecule has 0 bridgehead atoms. The normalized spacial score (nSPS) is 13.3. The van der Waals surface area contributed by atoms with Gasteiger partial charge in [0.15, 0.2) is 0 Å². The predicted octanol–water partition coefficient (Wildman–Crippen LogP) is 1.80. The van der Waals surface area contributed by atoms with Crippen molar-refractivity contribution in [2.45, 2.75) is 18.6 Å². The third-order valence-electron chi connectivity index (χ3n) is 2.88. The molecule has 1 aromatic rings. The maximum atomic E-state index is 13.4. The molecule has 0 saturated carbocycles. The number of urea groups is 1. The Morgan fingerprint density at radius 3 is 2.67 bits per heavy atom. The minimum Gasteiger partial charge on any atom is -0.478 e. The van der Waals surface area contributed by atoms with Crippen LogP contribution in [0.4, 0.5) is 14.9 Å². The van der Waals surface area contributed by atoms with Gasteiger partial charge in [-0.3, -0.25) is 4.21 Å². The van der Waals surface area contributed by atoms with Crippen molar-refractivity contribution in [2.75, 3.05) is 18.1 Å². The van der Waals surface area contributed by atoms with E-state index in [1.165, 1.54) is 12.1 Å². The van der Waals surface area contributed by atoms with E-state index in [4.69, 9.17) is 5.11 Å². The van der Waals surface area contributed by atoms with Crippen LogP contribution >= 0.6 is 0 Å². The van der Waals surface area contributed by atoms with E-state index >= 15 is 0 Å². The molecule has 0 aliphatic carbocycles. The van der Waals surface area contributed by atoms with Gasteiger partial charge in [0.25, 0.3) is 0 Å². The third kappa shape index (κ3) is 5.14. The lowest BCUT2D eigenvalue weighted by Gasteiger charge is -2.12. The number of carboxylic acid groups (broad SMARTS) is 1. The standard InChI is InChI=1S/C13H17FN2O4S/c1-8(21(2)20)6-7-15-13(19)16-10-5-3-4-9(14)11(10)12(17)18/h3-5,8H,6-7H2,1-2H3,(H,17,18)(H2,15,16,19). The second-order valence-corrected chi connectivity index (χ2v) is 6.25. The van der Waals surface area contributed by atoms with Crippen molar-refractivity contribution in [3.8, 4) is 0 Å². The Balaban J connectivity index is 2.62. The van der Waals surface area contributed by atoms with Crippen molar-refractivity contribution in [3.05, 3.63) is 29.6 Å². The first-order valence-corrected chi connectivity index (χ1v) is 7.84. The summed E-state index contributed by atoms with van der Waals surface area (Å²) in [4.78, 5) is 22.6. The summed E-state index contributed by atoms with van der Waals surface area (Å²) in [5, 5.41) is 13.7. The largest absolute Gasteiger partial charge is 0.478 e. The Bertz CT molecular complexity index is 565. The first kappa shape index (κ1) is 17.1. The Hall–Kier alpha value is -1.96. The van der Waals surface area contributed by atoms with Gasteiger partial charge in [-0.05, 0) is 18.6 Å². The van der Waals surface area contributed by atoms with Gasteiger partial charge in [0, 0.05) is 28.9 Å². The molecule has 116 valence electrons. The first-order valence-electron chi connectivity index (χ1n) is 6.21. The summed E-state index contributed by atoms with van der Waals surface area (Å²) >= 11 is 0. The molecule has 1 aromatic carbocycles. The van der Waals surface area contributed by atoms with E-state index in [9.17, 15) is 18.2 Å². The van der Waals surface area contributed by atoms with E-state index in [1.807, 2.05) is 0 Å². The number of aromatic carboxylic acids is 1. The minimum atomic E-state index is -1.46. The molecule has 0 spiro atoms. The van der Waals surface area contributed by atoms with Gasteiger partial charge < -0.3 is 15.7 Å². The van der Waals surface area contributed by atoms with Crippen LogP contribution in [0.5, 0.6) is 0 Å². The minimum absolute atomic E-state index is 0.0611. The number of hydrogen-bond donors (Lipinski definition) is 3. The summed E-state index contributed by atoms with van der Waals surface area (Å²) in [5.74, 6) is -2.38. The highest BCUT2D eigenvalue weighted by molar-refractivity contribution is 7.84. The maximum absolute atomic E-state index is 13.4. The molecule has 2 atom stereocenters. The lowest BCUT2D eigenvalue weighted by molar-refractivity contribution is 0.0693. The molecule has 0 radical (unpaired) electrons.